The van der Waals surface area contributed by atoms with Crippen LogP contribution >= 0.6 is 0 Å². The number of furan rings is 1. The van der Waals surface area contributed by atoms with Gasteiger partial charge in [0, 0.05) is 39.7 Å². The highest BCUT2D eigenvalue weighted by Gasteiger charge is 2.14. The molecule has 7 nitrogen and oxygen atoms in total. The Morgan fingerprint density at radius 3 is 2.46 bits per heavy atom. The first-order valence-electron chi connectivity index (χ1n) is 10.5. The van der Waals surface area contributed by atoms with E-state index in [1.54, 1.807) is 73.7 Å². The van der Waals surface area contributed by atoms with Crippen LogP contribution in [0, 0.1) is 18.8 Å². The number of rotatable bonds is 5. The van der Waals surface area contributed by atoms with E-state index in [2.05, 4.69) is 32.7 Å². The minimum Gasteiger partial charge on any atom is -0.459 e. The number of carbonyl (C=O) groups is 2. The molecule has 174 valence electrons. The molecule has 0 saturated carbocycles. The number of nitrogens with zero attached hydrogens (tertiary/aromatic N) is 1. The summed E-state index contributed by atoms with van der Waals surface area (Å²) in [5, 5.41) is 2.78. The van der Waals surface area contributed by atoms with Crippen molar-refractivity contribution < 1.29 is 18.2 Å². The molecule has 0 spiro atoms. The summed E-state index contributed by atoms with van der Waals surface area (Å²) in [4.78, 5) is 29.5. The Hall–Kier alpha value is -4.61. The number of hydrogen-bond acceptors (Lipinski definition) is 5. The van der Waals surface area contributed by atoms with E-state index in [-0.39, 0.29) is 17.2 Å². The van der Waals surface area contributed by atoms with Gasteiger partial charge in [-0.15, -0.1) is 0 Å². The Bertz CT molecular complexity index is 1560. The molecule has 1 atom stereocenters. The molecule has 2 aromatic heterocycles. The lowest BCUT2D eigenvalue weighted by molar-refractivity contribution is 0.0978. The van der Waals surface area contributed by atoms with Crippen LogP contribution in [0.1, 0.15) is 37.6 Å². The van der Waals surface area contributed by atoms with Gasteiger partial charge < -0.3 is 9.73 Å². The predicted octanol–water partition coefficient (Wildman–Crippen LogP) is 4.06. The SMILES string of the molecule is C=S(=O)(NC(=O)c1cncc(C#Cc2cccc(NC(=O)c3occc3C)c2)c1)c1ccccc1. The second kappa shape index (κ2) is 10.1. The molecule has 2 amide bonds. The predicted molar refractivity (Wildman–Crippen MR) is 135 cm³/mol. The number of amides is 2. The van der Waals surface area contributed by atoms with Gasteiger partial charge in [0.05, 0.1) is 21.5 Å². The molecule has 0 fully saturated rings. The van der Waals surface area contributed by atoms with Crippen LogP contribution in [0.2, 0.25) is 0 Å². The fourth-order valence-corrected chi connectivity index (χ4v) is 4.28. The maximum Gasteiger partial charge on any atom is 0.291 e. The van der Waals surface area contributed by atoms with Gasteiger partial charge in [-0.25, -0.2) is 4.21 Å². The number of nitrogens with one attached hydrogen (secondary N) is 2. The number of aryl methyl sites for hydroxylation is 1. The first kappa shape index (κ1) is 23.5. The van der Waals surface area contributed by atoms with Crippen LogP contribution < -0.4 is 10.0 Å². The van der Waals surface area contributed by atoms with Crippen molar-refractivity contribution in [3.63, 3.8) is 0 Å². The zero-order chi connectivity index (χ0) is 24.8. The number of anilines is 1. The Morgan fingerprint density at radius 1 is 0.943 bits per heavy atom. The van der Waals surface area contributed by atoms with Crippen LogP contribution in [-0.2, 0) is 9.71 Å². The smallest absolute Gasteiger partial charge is 0.291 e. The average molecular weight is 484 g/mol. The second-order valence-corrected chi connectivity index (χ2v) is 9.63. The number of hydrogen-bond donors (Lipinski definition) is 2. The van der Waals surface area contributed by atoms with Crippen molar-refractivity contribution >= 4 is 33.1 Å². The fourth-order valence-electron chi connectivity index (χ4n) is 3.15. The number of benzene rings is 2. The van der Waals surface area contributed by atoms with E-state index < -0.39 is 15.6 Å². The van der Waals surface area contributed by atoms with Crippen LogP contribution in [0.3, 0.4) is 0 Å². The average Bonchev–Trinajstić information content (AvgIpc) is 3.29. The molecule has 4 aromatic rings. The van der Waals surface area contributed by atoms with E-state index in [1.807, 2.05) is 0 Å². The van der Waals surface area contributed by atoms with E-state index in [4.69, 9.17) is 4.42 Å². The molecule has 4 rings (SSSR count). The molecular weight excluding hydrogens is 462 g/mol. The maximum atomic E-state index is 12.8. The van der Waals surface area contributed by atoms with E-state index in [0.29, 0.717) is 21.7 Å². The van der Waals surface area contributed by atoms with Crippen molar-refractivity contribution in [1.82, 2.24) is 9.71 Å². The molecule has 8 heteroatoms. The molecule has 0 aliphatic rings. The van der Waals surface area contributed by atoms with Crippen LogP contribution in [0.25, 0.3) is 0 Å². The third-order valence-electron chi connectivity index (χ3n) is 4.92. The molecule has 1 unspecified atom stereocenters. The van der Waals surface area contributed by atoms with Crippen molar-refractivity contribution in [2.75, 3.05) is 5.32 Å². The van der Waals surface area contributed by atoms with Gasteiger partial charge in [0.25, 0.3) is 11.8 Å². The second-order valence-electron chi connectivity index (χ2n) is 7.60. The Labute approximate surface area is 203 Å². The molecule has 0 bridgehead atoms. The highest BCUT2D eigenvalue weighted by Crippen LogP contribution is 2.15. The quantitative estimate of drug-likeness (QED) is 0.329. The minimum atomic E-state index is -3.01. The van der Waals surface area contributed by atoms with Gasteiger partial charge in [0.1, 0.15) is 0 Å². The summed E-state index contributed by atoms with van der Waals surface area (Å²) in [6.07, 6.45) is 4.35. The Kier molecular flexibility index (Phi) is 6.81. The summed E-state index contributed by atoms with van der Waals surface area (Å²) in [6.45, 7) is 1.79. The fraction of sp³-hybridized carbons (Fsp3) is 0.0370. The van der Waals surface area contributed by atoms with Gasteiger partial charge in [-0.1, -0.05) is 36.1 Å². The summed E-state index contributed by atoms with van der Waals surface area (Å²) >= 11 is 0. The normalized spacial score (nSPS) is 12.0. The highest BCUT2D eigenvalue weighted by atomic mass is 32.2. The molecule has 0 saturated heterocycles. The monoisotopic (exact) mass is 483 g/mol. The lowest BCUT2D eigenvalue weighted by Crippen LogP contribution is -2.30. The molecule has 2 aromatic carbocycles. The number of aromatic nitrogens is 1. The molecular formula is C27H21N3O4S. The van der Waals surface area contributed by atoms with Gasteiger partial charge in [-0.2, -0.15) is 0 Å². The van der Waals surface area contributed by atoms with Crippen molar-refractivity contribution in [3.05, 3.63) is 113 Å². The topological polar surface area (TPSA) is 101 Å². The van der Waals surface area contributed by atoms with Crippen molar-refractivity contribution in [2.45, 2.75) is 11.8 Å². The van der Waals surface area contributed by atoms with Crippen LogP contribution in [0.15, 0.2) is 94.7 Å². The largest absolute Gasteiger partial charge is 0.459 e. The first-order chi connectivity index (χ1) is 16.8. The molecule has 35 heavy (non-hydrogen) atoms. The third-order valence-corrected chi connectivity index (χ3v) is 6.47. The standard InChI is InChI=1S/C27H21N3O4S/c1-19-13-14-34-25(19)27(32)29-23-8-6-7-20(16-23)11-12-21-15-22(18-28-17-21)26(31)30-35(2,33)24-9-4-3-5-10-24/h3-10,13-18H,2H2,1H3,(H,29,32)(H,30,31,33). The lowest BCUT2D eigenvalue weighted by Gasteiger charge is -2.11. The summed E-state index contributed by atoms with van der Waals surface area (Å²) in [6, 6.07) is 18.8. The molecule has 2 heterocycles. The van der Waals surface area contributed by atoms with Gasteiger partial charge in [-0.3, -0.25) is 19.3 Å². The summed E-state index contributed by atoms with van der Waals surface area (Å²) in [5.74, 6) is 8.95. The Balaban J connectivity index is 1.48. The van der Waals surface area contributed by atoms with E-state index >= 15 is 0 Å². The van der Waals surface area contributed by atoms with E-state index in [1.165, 1.54) is 18.7 Å². The lowest BCUT2D eigenvalue weighted by atomic mass is 10.1. The van der Waals surface area contributed by atoms with E-state index in [9.17, 15) is 13.8 Å². The summed E-state index contributed by atoms with van der Waals surface area (Å²) in [7, 11) is -3.01. The number of carbonyl (C=O) groups excluding carboxylic acids is 2. The van der Waals surface area contributed by atoms with Crippen molar-refractivity contribution in [3.8, 4) is 11.8 Å². The van der Waals surface area contributed by atoms with E-state index in [0.717, 1.165) is 5.56 Å². The Morgan fingerprint density at radius 2 is 1.71 bits per heavy atom. The summed E-state index contributed by atoms with van der Waals surface area (Å²) in [5.41, 5.74) is 2.66. The van der Waals surface area contributed by atoms with Gasteiger partial charge in [-0.05, 0) is 55.3 Å². The van der Waals surface area contributed by atoms with Crippen molar-refractivity contribution in [1.29, 1.82) is 0 Å². The van der Waals surface area contributed by atoms with Crippen molar-refractivity contribution in [2.24, 2.45) is 0 Å². The maximum absolute atomic E-state index is 12.8. The zero-order valence-corrected chi connectivity index (χ0v) is 19.6. The minimum absolute atomic E-state index is 0.207. The molecule has 0 aliphatic heterocycles. The zero-order valence-electron chi connectivity index (χ0n) is 18.8. The van der Waals surface area contributed by atoms with Crippen LogP contribution in [-0.4, -0.2) is 26.9 Å². The van der Waals surface area contributed by atoms with Crippen LogP contribution in [0.5, 0.6) is 0 Å². The number of pyridine rings is 1. The first-order valence-corrected chi connectivity index (χ1v) is 12.2. The summed E-state index contributed by atoms with van der Waals surface area (Å²) < 4.78 is 20.5. The molecule has 0 aliphatic carbocycles. The highest BCUT2D eigenvalue weighted by molar-refractivity contribution is 7.99. The van der Waals surface area contributed by atoms with Gasteiger partial charge in [0.2, 0.25) is 0 Å². The van der Waals surface area contributed by atoms with Crippen LogP contribution in [0.4, 0.5) is 5.69 Å². The van der Waals surface area contributed by atoms with Gasteiger partial charge >= 0.3 is 0 Å². The third kappa shape index (κ3) is 5.85. The van der Waals surface area contributed by atoms with Gasteiger partial charge in [0.15, 0.2) is 5.76 Å². The molecule has 0 radical (unpaired) electrons. The molecule has 2 N–H and O–H groups in total.